The summed E-state index contributed by atoms with van der Waals surface area (Å²) in [5, 5.41) is 12.2. The van der Waals surface area contributed by atoms with E-state index in [0.29, 0.717) is 17.0 Å². The van der Waals surface area contributed by atoms with Gasteiger partial charge in [0.25, 0.3) is 0 Å². The molecular weight excluding hydrogens is 358 g/mol. The third-order valence-corrected chi connectivity index (χ3v) is 3.71. The Balaban J connectivity index is 1.90. The van der Waals surface area contributed by atoms with E-state index in [-0.39, 0.29) is 29.6 Å². The van der Waals surface area contributed by atoms with Gasteiger partial charge in [0.05, 0.1) is 13.5 Å². The van der Waals surface area contributed by atoms with Gasteiger partial charge in [0.1, 0.15) is 0 Å². The predicted octanol–water partition coefficient (Wildman–Crippen LogP) is 3.61. The van der Waals surface area contributed by atoms with Crippen molar-refractivity contribution < 1.29 is 24.2 Å². The molecule has 0 fully saturated rings. The van der Waals surface area contributed by atoms with Crippen molar-refractivity contribution in [2.24, 2.45) is 0 Å². The van der Waals surface area contributed by atoms with E-state index in [0.717, 1.165) is 5.56 Å². The fraction of sp³-hybridized carbons (Fsp3) is 0.136. The largest absolute Gasteiger partial charge is 0.504 e. The first kappa shape index (κ1) is 20.6. The van der Waals surface area contributed by atoms with Gasteiger partial charge in [-0.15, -0.1) is 0 Å². The highest BCUT2D eigenvalue weighted by molar-refractivity contribution is 6.10. The van der Waals surface area contributed by atoms with Gasteiger partial charge in [0.2, 0.25) is 5.91 Å². The number of rotatable bonds is 8. The van der Waals surface area contributed by atoms with E-state index in [1.807, 2.05) is 0 Å². The molecule has 0 aromatic heterocycles. The summed E-state index contributed by atoms with van der Waals surface area (Å²) in [7, 11) is 1.44. The molecule has 0 atom stereocenters. The number of phenolic OH excluding ortho intramolecular Hbond substituents is 1. The Bertz CT molecular complexity index is 926. The van der Waals surface area contributed by atoms with Gasteiger partial charge in [-0.25, -0.2) is 0 Å². The summed E-state index contributed by atoms with van der Waals surface area (Å²) < 4.78 is 5.00. The van der Waals surface area contributed by atoms with Crippen molar-refractivity contribution in [2.45, 2.75) is 13.3 Å². The molecule has 2 N–H and O–H groups in total. The fourth-order valence-electron chi connectivity index (χ4n) is 2.35. The molecule has 0 aliphatic heterocycles. The van der Waals surface area contributed by atoms with Crippen LogP contribution in [-0.2, 0) is 14.4 Å². The van der Waals surface area contributed by atoms with Crippen molar-refractivity contribution in [1.29, 1.82) is 0 Å². The van der Waals surface area contributed by atoms with Crippen LogP contribution in [0.25, 0.3) is 12.2 Å². The SMILES string of the molecule is COc1cc(C=CC(=O)CC(=O)C=Cc2ccc(NC(C)=O)cc2)ccc1O. The van der Waals surface area contributed by atoms with Crippen LogP contribution in [0.5, 0.6) is 11.5 Å². The highest BCUT2D eigenvalue weighted by atomic mass is 16.5. The van der Waals surface area contributed by atoms with Crippen molar-refractivity contribution in [3.8, 4) is 11.5 Å². The lowest BCUT2D eigenvalue weighted by Crippen LogP contribution is -2.05. The molecule has 28 heavy (non-hydrogen) atoms. The number of carbonyl (C=O) groups excluding carboxylic acids is 3. The number of ketones is 2. The van der Waals surface area contributed by atoms with Crippen LogP contribution in [0.15, 0.2) is 54.6 Å². The maximum absolute atomic E-state index is 11.9. The lowest BCUT2D eigenvalue weighted by atomic mass is 10.1. The first-order valence-electron chi connectivity index (χ1n) is 8.54. The summed E-state index contributed by atoms with van der Waals surface area (Å²) in [6, 6.07) is 11.7. The molecule has 0 bridgehead atoms. The third-order valence-electron chi connectivity index (χ3n) is 3.71. The van der Waals surface area contributed by atoms with Crippen LogP contribution in [0.4, 0.5) is 5.69 Å². The first-order chi connectivity index (χ1) is 13.4. The number of benzene rings is 2. The average Bonchev–Trinajstić information content (AvgIpc) is 2.66. The van der Waals surface area contributed by atoms with Gasteiger partial charge in [-0.05, 0) is 47.5 Å². The molecular formula is C22H21NO5. The second-order valence-electron chi connectivity index (χ2n) is 6.01. The number of phenols is 1. The number of aromatic hydroxyl groups is 1. The monoisotopic (exact) mass is 379 g/mol. The summed E-state index contributed by atoms with van der Waals surface area (Å²) in [6.45, 7) is 1.43. The highest BCUT2D eigenvalue weighted by Crippen LogP contribution is 2.26. The van der Waals surface area contributed by atoms with Crippen LogP contribution in [0.1, 0.15) is 24.5 Å². The lowest BCUT2D eigenvalue weighted by molar-refractivity contribution is -0.122. The molecule has 0 saturated heterocycles. The second-order valence-corrected chi connectivity index (χ2v) is 6.01. The number of nitrogens with one attached hydrogen (secondary N) is 1. The van der Waals surface area contributed by atoms with Crippen LogP contribution < -0.4 is 10.1 Å². The Labute approximate surface area is 163 Å². The summed E-state index contributed by atoms with van der Waals surface area (Å²) >= 11 is 0. The highest BCUT2D eigenvalue weighted by Gasteiger charge is 2.05. The minimum absolute atomic E-state index is 0.0106. The van der Waals surface area contributed by atoms with Gasteiger partial charge in [0.15, 0.2) is 23.1 Å². The van der Waals surface area contributed by atoms with Crippen molar-refractivity contribution in [3.63, 3.8) is 0 Å². The third kappa shape index (κ3) is 6.57. The van der Waals surface area contributed by atoms with Crippen LogP contribution in [0.2, 0.25) is 0 Å². The summed E-state index contributed by atoms with van der Waals surface area (Å²) in [4.78, 5) is 34.9. The zero-order valence-electron chi connectivity index (χ0n) is 15.6. The molecule has 0 unspecified atom stereocenters. The van der Waals surface area contributed by atoms with E-state index in [2.05, 4.69) is 5.32 Å². The number of ether oxygens (including phenoxy) is 1. The number of anilines is 1. The van der Waals surface area contributed by atoms with Gasteiger partial charge in [0, 0.05) is 12.6 Å². The van der Waals surface area contributed by atoms with Gasteiger partial charge in [-0.3, -0.25) is 14.4 Å². The van der Waals surface area contributed by atoms with E-state index in [4.69, 9.17) is 4.74 Å². The Kier molecular flexibility index (Phi) is 7.28. The standard InChI is InChI=1S/C22H21NO5/c1-15(24)23-18-8-3-16(4-9-18)5-10-19(25)14-20(26)11-6-17-7-12-21(27)22(13-17)28-2/h3-13,27H,14H2,1-2H3,(H,23,24). The molecule has 0 saturated carbocycles. The van der Waals surface area contributed by atoms with E-state index in [9.17, 15) is 19.5 Å². The van der Waals surface area contributed by atoms with E-state index >= 15 is 0 Å². The van der Waals surface area contributed by atoms with Crippen molar-refractivity contribution in [1.82, 2.24) is 0 Å². The maximum Gasteiger partial charge on any atom is 0.221 e. The van der Waals surface area contributed by atoms with Gasteiger partial charge >= 0.3 is 0 Å². The number of hydrogen-bond donors (Lipinski definition) is 2. The predicted molar refractivity (Wildman–Crippen MR) is 108 cm³/mol. The minimum atomic E-state index is -0.331. The van der Waals surface area contributed by atoms with Crippen LogP contribution >= 0.6 is 0 Å². The van der Waals surface area contributed by atoms with Gasteiger partial charge in [-0.1, -0.05) is 30.4 Å². The van der Waals surface area contributed by atoms with E-state index in [1.54, 1.807) is 48.6 Å². The smallest absolute Gasteiger partial charge is 0.221 e. The zero-order chi connectivity index (χ0) is 20.5. The van der Waals surface area contributed by atoms with Crippen molar-refractivity contribution >= 4 is 35.3 Å². The molecule has 0 heterocycles. The molecule has 6 nitrogen and oxygen atoms in total. The Morgan fingerprint density at radius 1 is 0.964 bits per heavy atom. The molecule has 2 rings (SSSR count). The normalized spacial score (nSPS) is 10.9. The molecule has 144 valence electrons. The Morgan fingerprint density at radius 3 is 2.11 bits per heavy atom. The van der Waals surface area contributed by atoms with Crippen molar-refractivity contribution in [2.75, 3.05) is 12.4 Å². The maximum atomic E-state index is 11.9. The van der Waals surface area contributed by atoms with Crippen LogP contribution in [0.3, 0.4) is 0 Å². The molecule has 0 spiro atoms. The topological polar surface area (TPSA) is 92.7 Å². The second kappa shape index (κ2) is 9.87. The molecule has 0 aliphatic rings. The van der Waals surface area contributed by atoms with Crippen LogP contribution in [-0.4, -0.2) is 29.7 Å². The fourth-order valence-corrected chi connectivity index (χ4v) is 2.35. The number of hydrogen-bond acceptors (Lipinski definition) is 5. The number of amides is 1. The molecule has 2 aromatic rings. The average molecular weight is 379 g/mol. The Morgan fingerprint density at radius 2 is 1.54 bits per heavy atom. The molecule has 1 amide bonds. The van der Waals surface area contributed by atoms with Gasteiger partial charge in [-0.2, -0.15) is 0 Å². The number of carbonyl (C=O) groups is 3. The van der Waals surface area contributed by atoms with E-state index in [1.165, 1.54) is 32.3 Å². The van der Waals surface area contributed by atoms with E-state index < -0.39 is 0 Å². The summed E-state index contributed by atoms with van der Waals surface area (Å²) in [5.74, 6) is -0.489. The molecule has 0 radical (unpaired) electrons. The molecule has 6 heteroatoms. The van der Waals surface area contributed by atoms with Gasteiger partial charge < -0.3 is 15.2 Å². The number of allylic oxidation sites excluding steroid dienone is 2. The molecule has 0 aliphatic carbocycles. The number of methoxy groups -OCH3 is 1. The molecule has 2 aromatic carbocycles. The first-order valence-corrected chi connectivity index (χ1v) is 8.54. The van der Waals surface area contributed by atoms with Crippen molar-refractivity contribution in [3.05, 3.63) is 65.7 Å². The zero-order valence-corrected chi connectivity index (χ0v) is 15.6. The minimum Gasteiger partial charge on any atom is -0.504 e. The summed E-state index contributed by atoms with van der Waals surface area (Å²) in [6.07, 6.45) is 5.60. The summed E-state index contributed by atoms with van der Waals surface area (Å²) in [5.41, 5.74) is 2.12. The quantitative estimate of drug-likeness (QED) is 0.540. The Hall–Kier alpha value is -3.67. The lowest BCUT2D eigenvalue weighted by Gasteiger charge is -2.03. The van der Waals surface area contributed by atoms with Crippen LogP contribution in [0, 0.1) is 0 Å².